The fourth-order valence-corrected chi connectivity index (χ4v) is 3.58. The first-order chi connectivity index (χ1) is 10.1. The molecular formula is C15H26N4OS. The van der Waals surface area contributed by atoms with Gasteiger partial charge < -0.3 is 16.4 Å². The van der Waals surface area contributed by atoms with Gasteiger partial charge >= 0.3 is 0 Å². The molecule has 5 nitrogen and oxygen atoms in total. The molecular weight excluding hydrogens is 284 g/mol. The van der Waals surface area contributed by atoms with Gasteiger partial charge in [0.05, 0.1) is 0 Å². The Balaban J connectivity index is 1.89. The van der Waals surface area contributed by atoms with E-state index in [4.69, 9.17) is 5.73 Å². The SMILES string of the molecule is CC(C)NC(=O)c1c(N)nsc1NCCC1CCCCC1. The number of rotatable bonds is 6. The summed E-state index contributed by atoms with van der Waals surface area (Å²) in [6.07, 6.45) is 7.94. The van der Waals surface area contributed by atoms with Gasteiger partial charge in [0.1, 0.15) is 10.6 Å². The summed E-state index contributed by atoms with van der Waals surface area (Å²) in [5, 5.41) is 7.02. The minimum atomic E-state index is -0.142. The number of carbonyl (C=O) groups excluding carboxylic acids is 1. The molecule has 6 heteroatoms. The molecule has 1 aliphatic rings. The normalized spacial score (nSPS) is 16.1. The summed E-state index contributed by atoms with van der Waals surface area (Å²) in [6.45, 7) is 4.75. The molecule has 1 heterocycles. The predicted molar refractivity (Wildman–Crippen MR) is 88.8 cm³/mol. The van der Waals surface area contributed by atoms with Crippen molar-refractivity contribution in [1.82, 2.24) is 9.69 Å². The van der Waals surface area contributed by atoms with Crippen molar-refractivity contribution in [2.24, 2.45) is 5.92 Å². The van der Waals surface area contributed by atoms with Gasteiger partial charge in [0.15, 0.2) is 5.82 Å². The van der Waals surface area contributed by atoms with Crippen molar-refractivity contribution in [3.63, 3.8) is 0 Å². The lowest BCUT2D eigenvalue weighted by molar-refractivity contribution is 0.0945. The molecule has 0 radical (unpaired) electrons. The van der Waals surface area contributed by atoms with E-state index in [1.165, 1.54) is 43.6 Å². The predicted octanol–water partition coefficient (Wildman–Crippen LogP) is 3.25. The maximum Gasteiger partial charge on any atom is 0.258 e. The third kappa shape index (κ3) is 4.59. The van der Waals surface area contributed by atoms with E-state index in [0.29, 0.717) is 11.4 Å². The van der Waals surface area contributed by atoms with E-state index in [-0.39, 0.29) is 11.9 Å². The Morgan fingerprint density at radius 3 is 2.76 bits per heavy atom. The highest BCUT2D eigenvalue weighted by Crippen LogP contribution is 2.29. The monoisotopic (exact) mass is 310 g/mol. The average molecular weight is 310 g/mol. The molecule has 0 spiro atoms. The average Bonchev–Trinajstić information content (AvgIpc) is 2.80. The number of carbonyl (C=O) groups is 1. The van der Waals surface area contributed by atoms with Crippen molar-refractivity contribution in [2.45, 2.75) is 58.4 Å². The summed E-state index contributed by atoms with van der Waals surface area (Å²) in [5.41, 5.74) is 6.33. The van der Waals surface area contributed by atoms with Gasteiger partial charge in [-0.3, -0.25) is 4.79 Å². The Morgan fingerprint density at radius 2 is 2.10 bits per heavy atom. The molecule has 1 saturated carbocycles. The Bertz CT molecular complexity index is 466. The highest BCUT2D eigenvalue weighted by Gasteiger charge is 2.20. The molecule has 4 N–H and O–H groups in total. The van der Waals surface area contributed by atoms with Crippen molar-refractivity contribution in [2.75, 3.05) is 17.6 Å². The third-order valence-electron chi connectivity index (χ3n) is 3.93. The van der Waals surface area contributed by atoms with Crippen LogP contribution in [0, 0.1) is 5.92 Å². The van der Waals surface area contributed by atoms with Gasteiger partial charge in [-0.05, 0) is 37.7 Å². The van der Waals surface area contributed by atoms with Gasteiger partial charge in [-0.15, -0.1) is 0 Å². The number of hydrogen-bond acceptors (Lipinski definition) is 5. The topological polar surface area (TPSA) is 80.0 Å². The minimum Gasteiger partial charge on any atom is -0.382 e. The molecule has 1 fully saturated rings. The number of nitrogens with zero attached hydrogens (tertiary/aromatic N) is 1. The highest BCUT2D eigenvalue weighted by atomic mass is 32.1. The molecule has 118 valence electrons. The van der Waals surface area contributed by atoms with E-state index in [1.807, 2.05) is 13.8 Å². The van der Waals surface area contributed by atoms with E-state index in [0.717, 1.165) is 23.9 Å². The van der Waals surface area contributed by atoms with E-state index in [9.17, 15) is 4.79 Å². The van der Waals surface area contributed by atoms with Crippen LogP contribution in [0.2, 0.25) is 0 Å². The van der Waals surface area contributed by atoms with Crippen molar-refractivity contribution in [1.29, 1.82) is 0 Å². The van der Waals surface area contributed by atoms with Gasteiger partial charge in [-0.25, -0.2) is 0 Å². The lowest BCUT2D eigenvalue weighted by atomic mass is 9.87. The number of nitrogens with two attached hydrogens (primary N) is 1. The number of anilines is 2. The van der Waals surface area contributed by atoms with E-state index >= 15 is 0 Å². The second-order valence-electron chi connectivity index (χ2n) is 6.12. The summed E-state index contributed by atoms with van der Waals surface area (Å²) in [4.78, 5) is 12.2. The lowest BCUT2D eigenvalue weighted by Gasteiger charge is -2.21. The Morgan fingerprint density at radius 1 is 1.38 bits per heavy atom. The van der Waals surface area contributed by atoms with E-state index < -0.39 is 0 Å². The molecule has 1 aromatic rings. The van der Waals surface area contributed by atoms with Gasteiger partial charge in [0.2, 0.25) is 0 Å². The second kappa shape index (κ2) is 7.64. The molecule has 0 aliphatic heterocycles. The van der Waals surface area contributed by atoms with Gasteiger partial charge in [-0.2, -0.15) is 4.37 Å². The molecule has 0 bridgehead atoms. The van der Waals surface area contributed by atoms with E-state index in [2.05, 4.69) is 15.0 Å². The Labute approximate surface area is 130 Å². The standard InChI is InChI=1S/C15H26N4OS/c1-10(2)18-14(20)12-13(16)19-21-15(12)17-9-8-11-6-4-3-5-7-11/h10-11,17H,3-9H2,1-2H3,(H2,16,19)(H,18,20). The van der Waals surface area contributed by atoms with Crippen molar-refractivity contribution < 1.29 is 4.79 Å². The number of nitrogen functional groups attached to an aromatic ring is 1. The van der Waals surface area contributed by atoms with Gasteiger partial charge in [-0.1, -0.05) is 32.1 Å². The first kappa shape index (κ1) is 16.1. The maximum atomic E-state index is 12.2. The van der Waals surface area contributed by atoms with Gasteiger partial charge in [0, 0.05) is 12.6 Å². The van der Waals surface area contributed by atoms with Crippen LogP contribution in [0.5, 0.6) is 0 Å². The molecule has 1 aliphatic carbocycles. The van der Waals surface area contributed by atoms with Crippen LogP contribution in [-0.2, 0) is 0 Å². The summed E-state index contributed by atoms with van der Waals surface area (Å²) < 4.78 is 4.11. The maximum absolute atomic E-state index is 12.2. The fraction of sp³-hybridized carbons (Fsp3) is 0.733. The number of amides is 1. The molecule has 2 rings (SSSR count). The van der Waals surface area contributed by atoms with E-state index in [1.54, 1.807) is 0 Å². The number of aromatic nitrogens is 1. The summed E-state index contributed by atoms with van der Waals surface area (Å²) in [6, 6.07) is 0.0897. The van der Waals surface area contributed by atoms with Gasteiger partial charge in [0.25, 0.3) is 5.91 Å². The number of nitrogens with one attached hydrogen (secondary N) is 2. The minimum absolute atomic E-state index is 0.0897. The Kier molecular flexibility index (Phi) is 5.85. The van der Waals surface area contributed by atoms with Crippen LogP contribution in [0.25, 0.3) is 0 Å². The van der Waals surface area contributed by atoms with Crippen LogP contribution >= 0.6 is 11.5 Å². The molecule has 1 aromatic heterocycles. The molecule has 0 unspecified atom stereocenters. The highest BCUT2D eigenvalue weighted by molar-refractivity contribution is 7.11. The lowest BCUT2D eigenvalue weighted by Crippen LogP contribution is -2.31. The second-order valence-corrected chi connectivity index (χ2v) is 6.89. The molecule has 21 heavy (non-hydrogen) atoms. The molecule has 1 amide bonds. The van der Waals surface area contributed by atoms with Crippen LogP contribution in [0.3, 0.4) is 0 Å². The van der Waals surface area contributed by atoms with Crippen molar-refractivity contribution in [3.05, 3.63) is 5.56 Å². The number of hydrogen-bond donors (Lipinski definition) is 3. The van der Waals surface area contributed by atoms with Crippen molar-refractivity contribution >= 4 is 28.3 Å². The summed E-state index contributed by atoms with van der Waals surface area (Å²) in [7, 11) is 0. The summed E-state index contributed by atoms with van der Waals surface area (Å²) in [5.74, 6) is 0.999. The molecule has 0 saturated heterocycles. The summed E-state index contributed by atoms with van der Waals surface area (Å²) >= 11 is 1.27. The first-order valence-corrected chi connectivity index (χ1v) is 8.65. The molecule has 0 aromatic carbocycles. The van der Waals surface area contributed by atoms with Crippen molar-refractivity contribution in [3.8, 4) is 0 Å². The fourth-order valence-electron chi connectivity index (χ4n) is 2.84. The van der Waals surface area contributed by atoms with Crippen LogP contribution in [0.1, 0.15) is 62.7 Å². The Hall–Kier alpha value is -1.30. The zero-order chi connectivity index (χ0) is 15.2. The van der Waals surface area contributed by atoms with Crippen LogP contribution in [0.15, 0.2) is 0 Å². The van der Waals surface area contributed by atoms with Crippen LogP contribution in [-0.4, -0.2) is 22.9 Å². The zero-order valence-corrected chi connectivity index (χ0v) is 13.8. The first-order valence-electron chi connectivity index (χ1n) is 7.87. The van der Waals surface area contributed by atoms with Crippen LogP contribution < -0.4 is 16.4 Å². The largest absolute Gasteiger partial charge is 0.382 e. The molecule has 0 atom stereocenters. The smallest absolute Gasteiger partial charge is 0.258 e. The third-order valence-corrected chi connectivity index (χ3v) is 4.75. The quantitative estimate of drug-likeness (QED) is 0.753. The van der Waals surface area contributed by atoms with Crippen LogP contribution in [0.4, 0.5) is 10.8 Å². The zero-order valence-electron chi connectivity index (χ0n) is 12.9.